The summed E-state index contributed by atoms with van der Waals surface area (Å²) in [4.78, 5) is 17.2. The molecule has 3 rings (SSSR count). The van der Waals surface area contributed by atoms with E-state index in [0.29, 0.717) is 6.42 Å². The number of nitrogens with one attached hydrogen (secondary N) is 1. The predicted octanol–water partition coefficient (Wildman–Crippen LogP) is 3.68. The van der Waals surface area contributed by atoms with Gasteiger partial charge in [0.25, 0.3) is 0 Å². The van der Waals surface area contributed by atoms with E-state index in [1.54, 1.807) is 11.3 Å². The lowest BCUT2D eigenvalue weighted by Crippen LogP contribution is -2.40. The molecule has 5 heteroatoms. The first-order valence-electron chi connectivity index (χ1n) is 8.85. The van der Waals surface area contributed by atoms with Gasteiger partial charge in [0, 0.05) is 18.9 Å². The molecule has 0 spiro atoms. The summed E-state index contributed by atoms with van der Waals surface area (Å²) in [6.45, 7) is 1.82. The topological polar surface area (TPSA) is 62.2 Å². The number of nitrogens with zero attached hydrogens (tertiary/aromatic N) is 1. The molecule has 1 aliphatic carbocycles. The van der Waals surface area contributed by atoms with E-state index in [4.69, 9.17) is 10.1 Å². The first-order chi connectivity index (χ1) is 11.6. The van der Waals surface area contributed by atoms with E-state index in [1.165, 1.54) is 24.0 Å². The molecule has 1 atom stereocenters. The van der Waals surface area contributed by atoms with Crippen LogP contribution in [0.1, 0.15) is 50.5 Å². The first kappa shape index (κ1) is 17.4. The van der Waals surface area contributed by atoms with Crippen LogP contribution in [0, 0.1) is 5.41 Å². The molecular weight excluding hydrogens is 320 g/mol. The summed E-state index contributed by atoms with van der Waals surface area (Å²) < 4.78 is 1.22. The highest BCUT2D eigenvalue weighted by Gasteiger charge is 2.35. The molecule has 24 heavy (non-hydrogen) atoms. The Labute approximate surface area is 147 Å². The van der Waals surface area contributed by atoms with Crippen molar-refractivity contribution in [2.24, 2.45) is 5.41 Å². The third kappa shape index (κ3) is 4.14. The molecule has 0 aliphatic heterocycles. The highest BCUT2D eigenvalue weighted by atomic mass is 32.1. The van der Waals surface area contributed by atoms with E-state index in [-0.39, 0.29) is 24.0 Å². The van der Waals surface area contributed by atoms with Crippen molar-refractivity contribution in [3.05, 3.63) is 29.3 Å². The maximum Gasteiger partial charge on any atom is 0.220 e. The summed E-state index contributed by atoms with van der Waals surface area (Å²) in [5.41, 5.74) is 1.08. The van der Waals surface area contributed by atoms with Gasteiger partial charge in [-0.1, -0.05) is 31.4 Å². The Morgan fingerprint density at radius 3 is 2.79 bits per heavy atom. The van der Waals surface area contributed by atoms with Gasteiger partial charge >= 0.3 is 0 Å². The number of rotatable bonds is 6. The summed E-state index contributed by atoms with van der Waals surface area (Å²) in [6.07, 6.45) is 7.23. The van der Waals surface area contributed by atoms with Crippen LogP contribution in [-0.4, -0.2) is 28.6 Å². The lowest BCUT2D eigenvalue weighted by molar-refractivity contribution is -0.124. The second-order valence-electron chi connectivity index (χ2n) is 7.14. The SMILES string of the molecule is CC(CO)NC(=O)CC1(Cc2nc3ccccc3s2)CCCCC1. The standard InChI is InChI=1S/C19H26N2O2S/c1-14(13-22)20-17(23)11-19(9-5-2-6-10-19)12-18-21-15-7-3-4-8-16(15)24-18/h3-4,7-8,14,22H,2,5-6,9-13H2,1H3,(H,20,23). The summed E-state index contributed by atoms with van der Waals surface area (Å²) in [5.74, 6) is 0.0551. The summed E-state index contributed by atoms with van der Waals surface area (Å²) >= 11 is 1.75. The molecule has 1 saturated carbocycles. The highest BCUT2D eigenvalue weighted by Crippen LogP contribution is 2.43. The Bertz CT molecular complexity index is 658. The molecular formula is C19H26N2O2S. The van der Waals surface area contributed by atoms with Gasteiger partial charge in [-0.05, 0) is 37.3 Å². The van der Waals surface area contributed by atoms with Gasteiger partial charge in [0.15, 0.2) is 0 Å². The normalized spacial score (nSPS) is 18.4. The molecule has 2 aromatic rings. The van der Waals surface area contributed by atoms with Crippen LogP contribution in [0.4, 0.5) is 0 Å². The average Bonchev–Trinajstić information content (AvgIpc) is 2.96. The van der Waals surface area contributed by atoms with E-state index < -0.39 is 0 Å². The van der Waals surface area contributed by atoms with Crippen molar-refractivity contribution in [3.63, 3.8) is 0 Å². The van der Waals surface area contributed by atoms with E-state index in [1.807, 2.05) is 19.1 Å². The molecule has 4 nitrogen and oxygen atoms in total. The van der Waals surface area contributed by atoms with Crippen LogP contribution >= 0.6 is 11.3 Å². The largest absolute Gasteiger partial charge is 0.394 e. The molecule has 1 amide bonds. The van der Waals surface area contributed by atoms with Crippen molar-refractivity contribution >= 4 is 27.5 Å². The molecule has 1 fully saturated rings. The van der Waals surface area contributed by atoms with Crippen molar-refractivity contribution in [2.75, 3.05) is 6.61 Å². The molecule has 1 aromatic carbocycles. The minimum Gasteiger partial charge on any atom is -0.394 e. The summed E-state index contributed by atoms with van der Waals surface area (Å²) in [5, 5.41) is 13.2. The van der Waals surface area contributed by atoms with Gasteiger partial charge in [-0.25, -0.2) is 4.98 Å². The van der Waals surface area contributed by atoms with Gasteiger partial charge in [-0.15, -0.1) is 11.3 Å². The van der Waals surface area contributed by atoms with Crippen LogP contribution in [-0.2, 0) is 11.2 Å². The highest BCUT2D eigenvalue weighted by molar-refractivity contribution is 7.18. The number of aliphatic hydroxyl groups is 1. The van der Waals surface area contributed by atoms with Gasteiger partial charge in [-0.2, -0.15) is 0 Å². The minimum absolute atomic E-state index is 0.0173. The fraction of sp³-hybridized carbons (Fsp3) is 0.579. The van der Waals surface area contributed by atoms with Crippen molar-refractivity contribution in [3.8, 4) is 0 Å². The molecule has 130 valence electrons. The Hall–Kier alpha value is -1.46. The van der Waals surface area contributed by atoms with Gasteiger partial charge in [0.05, 0.1) is 21.8 Å². The van der Waals surface area contributed by atoms with Crippen LogP contribution in [0.3, 0.4) is 0 Å². The van der Waals surface area contributed by atoms with Crippen LogP contribution in [0.15, 0.2) is 24.3 Å². The number of hydrogen-bond donors (Lipinski definition) is 2. The molecule has 1 unspecified atom stereocenters. The summed E-state index contributed by atoms with van der Waals surface area (Å²) in [7, 11) is 0. The van der Waals surface area contributed by atoms with E-state index in [9.17, 15) is 4.79 Å². The van der Waals surface area contributed by atoms with Crippen LogP contribution < -0.4 is 5.32 Å². The lowest BCUT2D eigenvalue weighted by Gasteiger charge is -2.36. The number of para-hydroxylation sites is 1. The molecule has 0 radical (unpaired) electrons. The smallest absolute Gasteiger partial charge is 0.220 e. The number of carbonyl (C=O) groups excluding carboxylic acids is 1. The quantitative estimate of drug-likeness (QED) is 0.839. The van der Waals surface area contributed by atoms with E-state index >= 15 is 0 Å². The number of benzene rings is 1. The van der Waals surface area contributed by atoms with E-state index in [2.05, 4.69) is 17.4 Å². The zero-order valence-corrected chi connectivity index (χ0v) is 15.1. The third-order valence-corrected chi connectivity index (χ3v) is 6.03. The Morgan fingerprint density at radius 2 is 2.08 bits per heavy atom. The zero-order chi connectivity index (χ0) is 17.0. The van der Waals surface area contributed by atoms with Gasteiger partial charge in [0.1, 0.15) is 0 Å². The monoisotopic (exact) mass is 346 g/mol. The Balaban J connectivity index is 1.76. The van der Waals surface area contributed by atoms with Crippen LogP contribution in [0.5, 0.6) is 0 Å². The number of carbonyl (C=O) groups is 1. The number of thiazole rings is 1. The Morgan fingerprint density at radius 1 is 1.33 bits per heavy atom. The fourth-order valence-electron chi connectivity index (χ4n) is 3.75. The van der Waals surface area contributed by atoms with Crippen molar-refractivity contribution in [2.45, 2.75) is 57.9 Å². The van der Waals surface area contributed by atoms with Gasteiger partial charge in [-0.3, -0.25) is 4.79 Å². The number of amides is 1. The molecule has 0 saturated heterocycles. The molecule has 1 aromatic heterocycles. The van der Waals surface area contributed by atoms with Crippen molar-refractivity contribution < 1.29 is 9.90 Å². The maximum absolute atomic E-state index is 12.4. The Kier molecular flexibility index (Phi) is 5.51. The second-order valence-corrected chi connectivity index (χ2v) is 8.26. The van der Waals surface area contributed by atoms with Gasteiger partial charge in [0.2, 0.25) is 5.91 Å². The first-order valence-corrected chi connectivity index (χ1v) is 9.67. The fourth-order valence-corrected chi connectivity index (χ4v) is 4.89. The number of fused-ring (bicyclic) bond motifs is 1. The summed E-state index contributed by atoms with van der Waals surface area (Å²) in [6, 6.07) is 8.05. The zero-order valence-electron chi connectivity index (χ0n) is 14.3. The van der Waals surface area contributed by atoms with Crippen LogP contribution in [0.2, 0.25) is 0 Å². The van der Waals surface area contributed by atoms with Crippen molar-refractivity contribution in [1.82, 2.24) is 10.3 Å². The third-order valence-electron chi connectivity index (χ3n) is 5.00. The molecule has 0 bridgehead atoms. The average molecular weight is 346 g/mol. The molecule has 1 heterocycles. The molecule has 2 N–H and O–H groups in total. The number of hydrogen-bond acceptors (Lipinski definition) is 4. The van der Waals surface area contributed by atoms with E-state index in [0.717, 1.165) is 29.8 Å². The van der Waals surface area contributed by atoms with Crippen molar-refractivity contribution in [1.29, 1.82) is 0 Å². The maximum atomic E-state index is 12.4. The second kappa shape index (κ2) is 7.62. The minimum atomic E-state index is -0.180. The van der Waals surface area contributed by atoms with Crippen LogP contribution in [0.25, 0.3) is 10.2 Å². The van der Waals surface area contributed by atoms with Gasteiger partial charge < -0.3 is 10.4 Å². The lowest BCUT2D eigenvalue weighted by atomic mass is 9.69. The molecule has 1 aliphatic rings. The predicted molar refractivity (Wildman–Crippen MR) is 98.1 cm³/mol. The number of aliphatic hydroxyl groups excluding tert-OH is 1. The number of aromatic nitrogens is 1.